The van der Waals surface area contributed by atoms with Crippen LogP contribution in [0.1, 0.15) is 17.2 Å². The number of benzene rings is 2. The highest BCUT2D eigenvalue weighted by Gasteiger charge is 2.33. The number of imide groups is 1. The van der Waals surface area contributed by atoms with Gasteiger partial charge in [0.25, 0.3) is 5.91 Å². The number of ether oxygens (including phenoxy) is 2. The summed E-state index contributed by atoms with van der Waals surface area (Å²) in [7, 11) is 1.58. The molecular weight excluding hydrogens is 324 g/mol. The fourth-order valence-corrected chi connectivity index (χ4v) is 2.45. The van der Waals surface area contributed by atoms with Crippen molar-refractivity contribution in [3.63, 3.8) is 0 Å². The maximum absolute atomic E-state index is 12.1. The van der Waals surface area contributed by atoms with E-state index in [0.29, 0.717) is 11.3 Å². The molecule has 0 radical (unpaired) electrons. The molecule has 2 N–H and O–H groups in total. The van der Waals surface area contributed by atoms with E-state index in [1.165, 1.54) is 0 Å². The third-order valence-electron chi connectivity index (χ3n) is 3.71. The zero-order chi connectivity index (χ0) is 17.8. The number of rotatable bonds is 5. The van der Waals surface area contributed by atoms with E-state index in [4.69, 9.17) is 9.47 Å². The standard InChI is InChI=1S/C18H16N2O5/c1-24-14-8-2-11(3-9-14)10-15(21)19-13-6-4-12(5-7-13)16-17(22)20-18(23)25-16/h2-9,16H,10H2,1H3,(H,19,21)(H,20,22,23). The van der Waals surface area contributed by atoms with Gasteiger partial charge in [0.05, 0.1) is 13.5 Å². The summed E-state index contributed by atoms with van der Waals surface area (Å²) in [6.45, 7) is 0. The molecule has 0 aromatic heterocycles. The Bertz CT molecular complexity index is 799. The number of methoxy groups -OCH3 is 1. The lowest BCUT2D eigenvalue weighted by atomic mass is 10.1. The Balaban J connectivity index is 1.59. The van der Waals surface area contributed by atoms with Crippen molar-refractivity contribution in [1.29, 1.82) is 0 Å². The van der Waals surface area contributed by atoms with Crippen molar-refractivity contribution in [3.8, 4) is 5.75 Å². The molecular formula is C18H16N2O5. The quantitative estimate of drug-likeness (QED) is 0.870. The number of nitrogens with one attached hydrogen (secondary N) is 2. The van der Waals surface area contributed by atoms with E-state index in [9.17, 15) is 14.4 Å². The molecule has 1 heterocycles. The minimum absolute atomic E-state index is 0.164. The summed E-state index contributed by atoms with van der Waals surface area (Å²) in [5.41, 5.74) is 1.99. The molecule has 1 aliphatic rings. The molecule has 1 atom stereocenters. The van der Waals surface area contributed by atoms with E-state index in [1.54, 1.807) is 43.5 Å². The highest BCUT2D eigenvalue weighted by Crippen LogP contribution is 2.23. The average molecular weight is 340 g/mol. The lowest BCUT2D eigenvalue weighted by Crippen LogP contribution is -2.20. The molecule has 128 valence electrons. The average Bonchev–Trinajstić information content (AvgIpc) is 2.94. The molecule has 1 saturated heterocycles. The van der Waals surface area contributed by atoms with Crippen molar-refractivity contribution in [2.75, 3.05) is 12.4 Å². The molecule has 0 bridgehead atoms. The van der Waals surface area contributed by atoms with Crippen molar-refractivity contribution in [2.24, 2.45) is 0 Å². The number of cyclic esters (lactones) is 1. The van der Waals surface area contributed by atoms with E-state index in [-0.39, 0.29) is 12.3 Å². The molecule has 7 nitrogen and oxygen atoms in total. The lowest BCUT2D eigenvalue weighted by Gasteiger charge is -2.09. The summed E-state index contributed by atoms with van der Waals surface area (Å²) in [5, 5.41) is 4.85. The first-order valence-corrected chi connectivity index (χ1v) is 7.59. The van der Waals surface area contributed by atoms with Crippen LogP contribution in [-0.2, 0) is 20.7 Å². The van der Waals surface area contributed by atoms with E-state index in [2.05, 4.69) is 10.6 Å². The Morgan fingerprint density at radius 3 is 2.36 bits per heavy atom. The van der Waals surface area contributed by atoms with Gasteiger partial charge in [0.15, 0.2) is 0 Å². The second-order valence-corrected chi connectivity index (χ2v) is 5.47. The van der Waals surface area contributed by atoms with Crippen LogP contribution in [0, 0.1) is 0 Å². The molecule has 0 aliphatic carbocycles. The monoisotopic (exact) mass is 340 g/mol. The van der Waals surface area contributed by atoms with Crippen molar-refractivity contribution < 1.29 is 23.9 Å². The minimum Gasteiger partial charge on any atom is -0.497 e. The van der Waals surface area contributed by atoms with E-state index in [0.717, 1.165) is 11.3 Å². The first-order chi connectivity index (χ1) is 12.0. The van der Waals surface area contributed by atoms with E-state index in [1.807, 2.05) is 12.1 Å². The SMILES string of the molecule is COc1ccc(CC(=O)Nc2ccc(C3OC(=O)NC3=O)cc2)cc1. The number of hydrogen-bond acceptors (Lipinski definition) is 5. The van der Waals surface area contributed by atoms with Crippen molar-refractivity contribution >= 4 is 23.6 Å². The zero-order valence-electron chi connectivity index (χ0n) is 13.4. The van der Waals surface area contributed by atoms with Gasteiger partial charge >= 0.3 is 6.09 Å². The Morgan fingerprint density at radius 1 is 1.12 bits per heavy atom. The van der Waals surface area contributed by atoms with Crippen LogP contribution in [0.4, 0.5) is 10.5 Å². The van der Waals surface area contributed by atoms with Gasteiger partial charge in [0.1, 0.15) is 5.75 Å². The Kier molecular flexibility index (Phi) is 4.65. The first-order valence-electron chi connectivity index (χ1n) is 7.59. The van der Waals surface area contributed by atoms with Gasteiger partial charge in [-0.15, -0.1) is 0 Å². The second kappa shape index (κ2) is 7.04. The molecule has 3 rings (SSSR count). The first kappa shape index (κ1) is 16.5. The van der Waals surface area contributed by atoms with Crippen LogP contribution in [-0.4, -0.2) is 25.0 Å². The molecule has 7 heteroatoms. The van der Waals surface area contributed by atoms with Crippen LogP contribution in [0.2, 0.25) is 0 Å². The third-order valence-corrected chi connectivity index (χ3v) is 3.71. The van der Waals surface area contributed by atoms with Gasteiger partial charge < -0.3 is 14.8 Å². The molecule has 2 aromatic carbocycles. The summed E-state index contributed by atoms with van der Waals surface area (Å²) >= 11 is 0. The normalized spacial score (nSPS) is 16.1. The van der Waals surface area contributed by atoms with Crippen molar-refractivity contribution in [2.45, 2.75) is 12.5 Å². The van der Waals surface area contributed by atoms with E-state index >= 15 is 0 Å². The number of carbonyl (C=O) groups is 3. The van der Waals surface area contributed by atoms with Crippen LogP contribution >= 0.6 is 0 Å². The lowest BCUT2D eigenvalue weighted by molar-refractivity contribution is -0.123. The fraction of sp³-hybridized carbons (Fsp3) is 0.167. The Morgan fingerprint density at radius 2 is 1.80 bits per heavy atom. The minimum atomic E-state index is -0.948. The van der Waals surface area contributed by atoms with Crippen LogP contribution < -0.4 is 15.4 Å². The maximum atomic E-state index is 12.1. The van der Waals surface area contributed by atoms with Crippen molar-refractivity contribution in [1.82, 2.24) is 5.32 Å². The predicted molar refractivity (Wildman–Crippen MR) is 89.1 cm³/mol. The smallest absolute Gasteiger partial charge is 0.415 e. The summed E-state index contributed by atoms with van der Waals surface area (Å²) in [4.78, 5) is 34.7. The molecule has 1 aliphatic heterocycles. The Hall–Kier alpha value is -3.35. The highest BCUT2D eigenvalue weighted by atomic mass is 16.6. The summed E-state index contributed by atoms with van der Waals surface area (Å²) in [5.74, 6) is 0.0700. The van der Waals surface area contributed by atoms with Gasteiger partial charge in [-0.2, -0.15) is 0 Å². The predicted octanol–water partition coefficient (Wildman–Crippen LogP) is 2.18. The number of anilines is 1. The van der Waals surface area contributed by atoms with E-state index < -0.39 is 18.1 Å². The van der Waals surface area contributed by atoms with Crippen LogP contribution in [0.25, 0.3) is 0 Å². The van der Waals surface area contributed by atoms with Gasteiger partial charge in [0, 0.05) is 11.3 Å². The number of alkyl carbamates (subject to hydrolysis) is 1. The highest BCUT2D eigenvalue weighted by molar-refractivity contribution is 6.00. The topological polar surface area (TPSA) is 93.7 Å². The van der Waals surface area contributed by atoms with Crippen molar-refractivity contribution in [3.05, 3.63) is 59.7 Å². The van der Waals surface area contributed by atoms with Gasteiger partial charge in [-0.05, 0) is 29.8 Å². The Labute approximate surface area is 143 Å². The molecule has 0 spiro atoms. The molecule has 1 unspecified atom stereocenters. The third kappa shape index (κ3) is 3.95. The molecule has 1 fully saturated rings. The zero-order valence-corrected chi connectivity index (χ0v) is 13.4. The molecule has 25 heavy (non-hydrogen) atoms. The summed E-state index contributed by atoms with van der Waals surface area (Å²) in [6, 6.07) is 13.8. The number of carbonyl (C=O) groups excluding carboxylic acids is 3. The number of amides is 3. The second-order valence-electron chi connectivity index (χ2n) is 5.47. The van der Waals surface area contributed by atoms with Gasteiger partial charge in [-0.1, -0.05) is 24.3 Å². The van der Waals surface area contributed by atoms with Gasteiger partial charge in [-0.25, -0.2) is 4.79 Å². The summed E-state index contributed by atoms with van der Waals surface area (Å²) in [6.07, 6.45) is -1.47. The van der Waals surface area contributed by atoms with Crippen LogP contribution in [0.15, 0.2) is 48.5 Å². The maximum Gasteiger partial charge on any atom is 0.415 e. The molecule has 0 saturated carbocycles. The van der Waals surface area contributed by atoms with Gasteiger partial charge in [-0.3, -0.25) is 14.9 Å². The van der Waals surface area contributed by atoms with Crippen LogP contribution in [0.3, 0.4) is 0 Å². The fourth-order valence-electron chi connectivity index (χ4n) is 2.45. The number of hydrogen-bond donors (Lipinski definition) is 2. The summed E-state index contributed by atoms with van der Waals surface area (Å²) < 4.78 is 9.96. The van der Waals surface area contributed by atoms with Gasteiger partial charge in [0.2, 0.25) is 12.0 Å². The molecule has 3 amide bonds. The van der Waals surface area contributed by atoms with Crippen LogP contribution in [0.5, 0.6) is 5.75 Å². The molecule has 2 aromatic rings. The largest absolute Gasteiger partial charge is 0.497 e.